The molecular formula is C14H24O2. The van der Waals surface area contributed by atoms with Crippen molar-refractivity contribution in [3.63, 3.8) is 0 Å². The molecule has 0 aromatic heterocycles. The van der Waals surface area contributed by atoms with Gasteiger partial charge in [-0.1, -0.05) is 33.3 Å². The first-order valence-electron chi connectivity index (χ1n) is 6.41. The molecule has 0 bridgehead atoms. The van der Waals surface area contributed by atoms with Crippen molar-refractivity contribution in [1.82, 2.24) is 0 Å². The predicted octanol–water partition coefficient (Wildman–Crippen LogP) is 3.57. The van der Waals surface area contributed by atoms with Crippen molar-refractivity contribution in [1.29, 1.82) is 0 Å². The monoisotopic (exact) mass is 224 g/mol. The third-order valence-corrected chi connectivity index (χ3v) is 3.82. The zero-order valence-corrected chi connectivity index (χ0v) is 10.8. The fraction of sp³-hybridized carbons (Fsp3) is 0.786. The van der Waals surface area contributed by atoms with Crippen LogP contribution >= 0.6 is 0 Å². The molecule has 2 nitrogen and oxygen atoms in total. The quantitative estimate of drug-likeness (QED) is 0.527. The lowest BCUT2D eigenvalue weighted by atomic mass is 9.94. The van der Waals surface area contributed by atoms with E-state index in [1.165, 1.54) is 25.7 Å². The number of ether oxygens (including phenoxy) is 1. The van der Waals surface area contributed by atoms with Gasteiger partial charge >= 0.3 is 5.97 Å². The van der Waals surface area contributed by atoms with Gasteiger partial charge in [-0.3, -0.25) is 0 Å². The first kappa shape index (κ1) is 13.3. The second-order valence-corrected chi connectivity index (χ2v) is 5.05. The number of carbonyl (C=O) groups is 1. The molecule has 1 rings (SSSR count). The summed E-state index contributed by atoms with van der Waals surface area (Å²) in [6, 6.07) is 0. The number of esters is 1. The zero-order valence-electron chi connectivity index (χ0n) is 10.8. The lowest BCUT2D eigenvalue weighted by Crippen LogP contribution is -2.17. The van der Waals surface area contributed by atoms with Crippen molar-refractivity contribution in [3.05, 3.63) is 12.2 Å². The molecule has 92 valence electrons. The van der Waals surface area contributed by atoms with E-state index in [0.717, 1.165) is 11.8 Å². The second-order valence-electron chi connectivity index (χ2n) is 5.05. The molecule has 0 heterocycles. The van der Waals surface area contributed by atoms with Gasteiger partial charge in [-0.25, -0.2) is 4.79 Å². The Labute approximate surface area is 99.1 Å². The Morgan fingerprint density at radius 1 is 1.25 bits per heavy atom. The Bertz CT molecular complexity index is 257. The van der Waals surface area contributed by atoms with Crippen LogP contribution in [0.5, 0.6) is 0 Å². The summed E-state index contributed by atoms with van der Waals surface area (Å²) in [4.78, 5) is 11.3. The Hall–Kier alpha value is -0.790. The molecule has 0 saturated heterocycles. The summed E-state index contributed by atoms with van der Waals surface area (Å²) in [5.41, 5.74) is 0.498. The normalized spacial score (nSPS) is 29.1. The maximum Gasteiger partial charge on any atom is 0.333 e. The van der Waals surface area contributed by atoms with Gasteiger partial charge in [0.1, 0.15) is 0 Å². The van der Waals surface area contributed by atoms with Crippen LogP contribution in [0, 0.1) is 17.8 Å². The molecule has 16 heavy (non-hydrogen) atoms. The van der Waals surface area contributed by atoms with Crippen molar-refractivity contribution in [2.45, 2.75) is 46.5 Å². The van der Waals surface area contributed by atoms with Crippen LogP contribution in [0.2, 0.25) is 0 Å². The third kappa shape index (κ3) is 3.36. The molecule has 1 aliphatic rings. The zero-order chi connectivity index (χ0) is 12.1. The Kier molecular flexibility index (Phi) is 5.04. The highest BCUT2D eigenvalue weighted by molar-refractivity contribution is 5.86. The first-order valence-corrected chi connectivity index (χ1v) is 6.41. The molecule has 0 aliphatic heterocycles. The van der Waals surface area contributed by atoms with Gasteiger partial charge in [0.15, 0.2) is 0 Å². The average molecular weight is 224 g/mol. The Morgan fingerprint density at radius 3 is 2.38 bits per heavy atom. The molecule has 1 saturated carbocycles. The number of rotatable bonds is 5. The lowest BCUT2D eigenvalue weighted by molar-refractivity contribution is -0.140. The third-order valence-electron chi connectivity index (χ3n) is 3.82. The van der Waals surface area contributed by atoms with Gasteiger partial charge in [0.2, 0.25) is 0 Å². The molecule has 0 amide bonds. The molecule has 1 fully saturated rings. The summed E-state index contributed by atoms with van der Waals surface area (Å²) in [6.07, 6.45) is 4.98. The molecule has 3 atom stereocenters. The predicted molar refractivity (Wildman–Crippen MR) is 66.1 cm³/mol. The standard InChI is InChI=1S/C14H24O2/c1-5-11-7-12(6-2)13(8-11)9-16-14(15)10(3)4/h11-13H,3,5-9H2,1-2,4H3. The Balaban J connectivity index is 2.41. The van der Waals surface area contributed by atoms with Gasteiger partial charge in [-0.15, -0.1) is 0 Å². The van der Waals surface area contributed by atoms with E-state index in [4.69, 9.17) is 4.74 Å². The largest absolute Gasteiger partial charge is 0.462 e. The van der Waals surface area contributed by atoms with Crippen LogP contribution in [-0.4, -0.2) is 12.6 Å². The molecule has 3 unspecified atom stereocenters. The van der Waals surface area contributed by atoms with E-state index in [-0.39, 0.29) is 5.97 Å². The average Bonchev–Trinajstić information content (AvgIpc) is 2.68. The minimum absolute atomic E-state index is 0.241. The van der Waals surface area contributed by atoms with E-state index in [0.29, 0.717) is 18.1 Å². The van der Waals surface area contributed by atoms with Gasteiger partial charge in [0, 0.05) is 5.57 Å². The lowest BCUT2D eigenvalue weighted by Gasteiger charge is -2.17. The molecular weight excluding hydrogens is 200 g/mol. The van der Waals surface area contributed by atoms with Crippen molar-refractivity contribution in [2.75, 3.05) is 6.61 Å². The number of carbonyl (C=O) groups excluding carboxylic acids is 1. The number of hydrogen-bond donors (Lipinski definition) is 0. The van der Waals surface area contributed by atoms with Crippen molar-refractivity contribution in [2.24, 2.45) is 17.8 Å². The molecule has 0 aromatic carbocycles. The highest BCUT2D eigenvalue weighted by Crippen LogP contribution is 2.39. The van der Waals surface area contributed by atoms with E-state index in [1.54, 1.807) is 6.92 Å². The summed E-state index contributed by atoms with van der Waals surface area (Å²) in [5, 5.41) is 0. The van der Waals surface area contributed by atoms with Gasteiger partial charge in [0.05, 0.1) is 6.61 Å². The molecule has 0 N–H and O–H groups in total. The van der Waals surface area contributed by atoms with Crippen LogP contribution < -0.4 is 0 Å². The summed E-state index contributed by atoms with van der Waals surface area (Å²) in [7, 11) is 0. The van der Waals surface area contributed by atoms with Crippen molar-refractivity contribution >= 4 is 5.97 Å². The summed E-state index contributed by atoms with van der Waals surface area (Å²) in [5.74, 6) is 1.90. The van der Waals surface area contributed by atoms with Crippen LogP contribution in [0.15, 0.2) is 12.2 Å². The highest BCUT2D eigenvalue weighted by Gasteiger charge is 2.32. The van der Waals surface area contributed by atoms with Crippen LogP contribution in [0.3, 0.4) is 0 Å². The topological polar surface area (TPSA) is 26.3 Å². The molecule has 1 aliphatic carbocycles. The second kappa shape index (κ2) is 6.07. The van der Waals surface area contributed by atoms with Crippen LogP contribution in [0.1, 0.15) is 46.5 Å². The SMILES string of the molecule is C=C(C)C(=O)OCC1CC(CC)CC1CC. The van der Waals surface area contributed by atoms with Gasteiger partial charge in [-0.05, 0) is 37.5 Å². The smallest absolute Gasteiger partial charge is 0.333 e. The Morgan fingerprint density at radius 2 is 1.88 bits per heavy atom. The summed E-state index contributed by atoms with van der Waals surface area (Å²) in [6.45, 7) is 10.4. The minimum Gasteiger partial charge on any atom is -0.462 e. The molecule has 0 aromatic rings. The van der Waals surface area contributed by atoms with Crippen LogP contribution in [0.4, 0.5) is 0 Å². The van der Waals surface area contributed by atoms with Crippen molar-refractivity contribution < 1.29 is 9.53 Å². The van der Waals surface area contributed by atoms with Crippen molar-refractivity contribution in [3.8, 4) is 0 Å². The first-order chi connectivity index (χ1) is 7.58. The highest BCUT2D eigenvalue weighted by atomic mass is 16.5. The molecule has 2 heteroatoms. The van der Waals surface area contributed by atoms with Crippen LogP contribution in [0.25, 0.3) is 0 Å². The van der Waals surface area contributed by atoms with E-state index < -0.39 is 0 Å². The fourth-order valence-corrected chi connectivity index (χ4v) is 2.68. The van der Waals surface area contributed by atoms with E-state index >= 15 is 0 Å². The fourth-order valence-electron chi connectivity index (χ4n) is 2.68. The summed E-state index contributed by atoms with van der Waals surface area (Å²) < 4.78 is 5.27. The molecule has 0 radical (unpaired) electrons. The van der Waals surface area contributed by atoms with E-state index in [2.05, 4.69) is 20.4 Å². The van der Waals surface area contributed by atoms with Crippen LogP contribution in [-0.2, 0) is 9.53 Å². The van der Waals surface area contributed by atoms with Gasteiger partial charge in [-0.2, -0.15) is 0 Å². The maximum atomic E-state index is 11.3. The number of hydrogen-bond acceptors (Lipinski definition) is 2. The van der Waals surface area contributed by atoms with E-state index in [1.807, 2.05) is 0 Å². The van der Waals surface area contributed by atoms with Gasteiger partial charge in [0.25, 0.3) is 0 Å². The maximum absolute atomic E-state index is 11.3. The summed E-state index contributed by atoms with van der Waals surface area (Å²) >= 11 is 0. The van der Waals surface area contributed by atoms with E-state index in [9.17, 15) is 4.79 Å². The minimum atomic E-state index is -0.241. The molecule has 0 spiro atoms. The van der Waals surface area contributed by atoms with Gasteiger partial charge < -0.3 is 4.74 Å².